The number of para-hydroxylation sites is 1. The van der Waals surface area contributed by atoms with Crippen LogP contribution < -0.4 is 14.8 Å². The molecule has 1 atom stereocenters. The van der Waals surface area contributed by atoms with Crippen LogP contribution >= 0.6 is 0 Å². The van der Waals surface area contributed by atoms with Gasteiger partial charge in [-0.05, 0) is 47.7 Å². The third-order valence-corrected chi connectivity index (χ3v) is 7.75. The molecule has 3 aromatic carbocycles. The summed E-state index contributed by atoms with van der Waals surface area (Å²) in [5, 5.41) is 4.30. The molecule has 200 valence electrons. The Morgan fingerprint density at radius 3 is 2.54 bits per heavy atom. The number of nitrogens with one attached hydrogen (secondary N) is 2. The van der Waals surface area contributed by atoms with Gasteiger partial charge in [-0.3, -0.25) is 9.59 Å². The van der Waals surface area contributed by atoms with Crippen LogP contribution in [0.5, 0.6) is 11.5 Å². The van der Waals surface area contributed by atoms with Gasteiger partial charge in [-0.15, -0.1) is 0 Å². The molecule has 1 aromatic heterocycles. The number of benzene rings is 3. The van der Waals surface area contributed by atoms with Crippen molar-refractivity contribution in [3.8, 4) is 11.5 Å². The van der Waals surface area contributed by atoms with Gasteiger partial charge in [-0.25, -0.2) is 0 Å². The van der Waals surface area contributed by atoms with E-state index in [1.54, 1.807) is 4.90 Å². The van der Waals surface area contributed by atoms with Crippen LogP contribution in [0.1, 0.15) is 54.8 Å². The quantitative estimate of drug-likeness (QED) is 0.312. The van der Waals surface area contributed by atoms with Gasteiger partial charge in [0.15, 0.2) is 11.5 Å². The number of hydrogen-bond donors (Lipinski definition) is 2. The number of H-pyrrole nitrogens is 1. The average Bonchev–Trinajstić information content (AvgIpc) is 3.61. The maximum absolute atomic E-state index is 14.2. The third kappa shape index (κ3) is 5.48. The van der Waals surface area contributed by atoms with Gasteiger partial charge in [0.25, 0.3) is 0 Å². The molecule has 2 N–H and O–H groups in total. The summed E-state index contributed by atoms with van der Waals surface area (Å²) in [7, 11) is 0. The maximum Gasteiger partial charge on any atom is 0.247 e. The van der Waals surface area contributed by atoms with Crippen LogP contribution in [0.3, 0.4) is 0 Å². The van der Waals surface area contributed by atoms with Crippen molar-refractivity contribution in [2.75, 3.05) is 6.79 Å². The molecule has 0 spiro atoms. The summed E-state index contributed by atoms with van der Waals surface area (Å²) in [5.74, 6) is 1.08. The van der Waals surface area contributed by atoms with E-state index in [1.165, 1.54) is 6.42 Å². The van der Waals surface area contributed by atoms with Gasteiger partial charge in [0.05, 0.1) is 6.42 Å². The fourth-order valence-corrected chi connectivity index (χ4v) is 5.74. The zero-order valence-corrected chi connectivity index (χ0v) is 21.9. The number of aromatic nitrogens is 1. The molecule has 0 radical (unpaired) electrons. The van der Waals surface area contributed by atoms with Crippen molar-refractivity contribution in [1.29, 1.82) is 0 Å². The van der Waals surface area contributed by atoms with Crippen LogP contribution in [0.2, 0.25) is 0 Å². The summed E-state index contributed by atoms with van der Waals surface area (Å²) >= 11 is 0. The molecule has 1 unspecified atom stereocenters. The molecule has 2 aliphatic rings. The van der Waals surface area contributed by atoms with E-state index in [0.29, 0.717) is 11.5 Å². The lowest BCUT2D eigenvalue weighted by atomic mass is 9.94. The summed E-state index contributed by atoms with van der Waals surface area (Å²) in [6.07, 6.45) is 7.43. The smallest absolute Gasteiger partial charge is 0.247 e. The highest BCUT2D eigenvalue weighted by molar-refractivity contribution is 5.92. The van der Waals surface area contributed by atoms with Crippen LogP contribution in [0.4, 0.5) is 0 Å². The molecule has 7 nitrogen and oxygen atoms in total. The predicted molar refractivity (Wildman–Crippen MR) is 149 cm³/mol. The zero-order valence-electron chi connectivity index (χ0n) is 21.9. The van der Waals surface area contributed by atoms with Gasteiger partial charge in [0, 0.05) is 29.7 Å². The van der Waals surface area contributed by atoms with Crippen molar-refractivity contribution in [3.63, 3.8) is 0 Å². The van der Waals surface area contributed by atoms with E-state index in [0.717, 1.165) is 53.3 Å². The second-order valence-electron chi connectivity index (χ2n) is 10.4. The van der Waals surface area contributed by atoms with Crippen molar-refractivity contribution in [2.45, 2.75) is 57.2 Å². The van der Waals surface area contributed by atoms with E-state index in [-0.39, 0.29) is 37.6 Å². The second kappa shape index (κ2) is 11.2. The van der Waals surface area contributed by atoms with Gasteiger partial charge < -0.3 is 24.7 Å². The van der Waals surface area contributed by atoms with E-state index in [2.05, 4.69) is 10.3 Å². The van der Waals surface area contributed by atoms with Crippen molar-refractivity contribution in [1.82, 2.24) is 15.2 Å². The minimum absolute atomic E-state index is 0.120. The average molecular weight is 524 g/mol. The number of ether oxygens (including phenoxy) is 2. The molecule has 0 bridgehead atoms. The molecule has 7 heteroatoms. The highest BCUT2D eigenvalue weighted by atomic mass is 16.7. The van der Waals surface area contributed by atoms with Crippen LogP contribution in [0, 0.1) is 0 Å². The Balaban J connectivity index is 1.36. The molecule has 1 fully saturated rings. The van der Waals surface area contributed by atoms with Crippen molar-refractivity contribution in [3.05, 3.63) is 95.7 Å². The molecule has 0 saturated heterocycles. The lowest BCUT2D eigenvalue weighted by Crippen LogP contribution is -2.47. The number of fused-ring (bicyclic) bond motifs is 2. The molecule has 4 aromatic rings. The molecule has 6 rings (SSSR count). The van der Waals surface area contributed by atoms with Gasteiger partial charge in [0.1, 0.15) is 6.04 Å². The van der Waals surface area contributed by atoms with Crippen molar-refractivity contribution >= 4 is 22.7 Å². The molecular formula is C32H33N3O4. The third-order valence-electron chi connectivity index (χ3n) is 7.75. The Bertz CT molecular complexity index is 1460. The second-order valence-corrected chi connectivity index (χ2v) is 10.4. The highest BCUT2D eigenvalue weighted by Gasteiger charge is 2.33. The number of nitrogens with zero attached hydrogens (tertiary/aromatic N) is 1. The van der Waals surface area contributed by atoms with E-state index in [9.17, 15) is 9.59 Å². The lowest BCUT2D eigenvalue weighted by molar-refractivity contribution is -0.141. The van der Waals surface area contributed by atoms with E-state index in [4.69, 9.17) is 9.47 Å². The fourth-order valence-electron chi connectivity index (χ4n) is 5.74. The monoisotopic (exact) mass is 523 g/mol. The molecule has 2 heterocycles. The van der Waals surface area contributed by atoms with Crippen molar-refractivity contribution < 1.29 is 19.1 Å². The Labute approximate surface area is 228 Å². The molecule has 1 aliphatic carbocycles. The Morgan fingerprint density at radius 2 is 1.69 bits per heavy atom. The largest absolute Gasteiger partial charge is 0.454 e. The van der Waals surface area contributed by atoms with Gasteiger partial charge in [-0.2, -0.15) is 0 Å². The predicted octanol–water partition coefficient (Wildman–Crippen LogP) is 5.66. The minimum atomic E-state index is -0.767. The molecule has 1 saturated carbocycles. The fraction of sp³-hybridized carbons (Fsp3) is 0.312. The summed E-state index contributed by atoms with van der Waals surface area (Å²) in [4.78, 5) is 33.2. The number of carbonyl (C=O) groups excluding carboxylic acids is 2. The molecule has 1 aliphatic heterocycles. The van der Waals surface area contributed by atoms with Gasteiger partial charge in [0.2, 0.25) is 18.6 Å². The molecular weight excluding hydrogens is 490 g/mol. The van der Waals surface area contributed by atoms with Gasteiger partial charge in [-0.1, -0.05) is 73.9 Å². The molecule has 39 heavy (non-hydrogen) atoms. The number of carbonyl (C=O) groups is 2. The SMILES string of the molecule is O=C(NC1CCCCC1)C(c1ccccc1)N(Cc1ccc2c(c1)OCO2)C(=O)Cc1c[nH]c2ccccc12. The summed E-state index contributed by atoms with van der Waals surface area (Å²) < 4.78 is 11.1. The lowest BCUT2D eigenvalue weighted by Gasteiger charge is -2.33. The number of rotatable bonds is 8. The van der Waals surface area contributed by atoms with E-state index >= 15 is 0 Å². The summed E-state index contributed by atoms with van der Waals surface area (Å²) in [6.45, 7) is 0.438. The number of amides is 2. The minimum Gasteiger partial charge on any atom is -0.454 e. The summed E-state index contributed by atoms with van der Waals surface area (Å²) in [6, 6.07) is 22.6. The van der Waals surface area contributed by atoms with Crippen LogP contribution in [0.25, 0.3) is 10.9 Å². The van der Waals surface area contributed by atoms with E-state index in [1.807, 2.05) is 79.0 Å². The standard InChI is InChI=1S/C32H33N3O4/c36-30(18-24-19-33-27-14-8-7-13-26(24)27)35(20-22-15-16-28-29(17-22)39-21-38-28)31(23-9-3-1-4-10-23)32(37)34-25-11-5-2-6-12-25/h1,3-4,7-10,13-17,19,25,31,33H,2,5-6,11-12,18,20-21H2,(H,34,37). The van der Waals surface area contributed by atoms with Gasteiger partial charge >= 0.3 is 0 Å². The zero-order chi connectivity index (χ0) is 26.6. The normalized spacial score (nSPS) is 15.7. The van der Waals surface area contributed by atoms with E-state index < -0.39 is 6.04 Å². The first kappa shape index (κ1) is 25.0. The number of aromatic amines is 1. The Morgan fingerprint density at radius 1 is 0.923 bits per heavy atom. The highest BCUT2D eigenvalue weighted by Crippen LogP contribution is 2.34. The molecule has 2 amide bonds. The van der Waals surface area contributed by atoms with Crippen LogP contribution in [-0.4, -0.2) is 34.5 Å². The summed E-state index contributed by atoms with van der Waals surface area (Å²) in [5.41, 5.74) is 3.56. The Hall–Kier alpha value is -4.26. The first-order valence-electron chi connectivity index (χ1n) is 13.7. The van der Waals surface area contributed by atoms with Crippen LogP contribution in [-0.2, 0) is 22.6 Å². The first-order chi connectivity index (χ1) is 19.2. The Kier molecular flexibility index (Phi) is 7.21. The first-order valence-corrected chi connectivity index (χ1v) is 13.7. The maximum atomic E-state index is 14.2. The number of hydrogen-bond acceptors (Lipinski definition) is 4. The van der Waals surface area contributed by atoms with Crippen LogP contribution in [0.15, 0.2) is 79.0 Å². The van der Waals surface area contributed by atoms with Crippen molar-refractivity contribution in [2.24, 2.45) is 0 Å². The topological polar surface area (TPSA) is 83.7 Å².